The second kappa shape index (κ2) is 5.44. The van der Waals surface area contributed by atoms with E-state index in [1.54, 1.807) is 12.1 Å². The van der Waals surface area contributed by atoms with E-state index in [1.165, 1.54) is 12.1 Å². The van der Waals surface area contributed by atoms with Crippen molar-refractivity contribution in [3.05, 3.63) is 69.9 Å². The maximum Gasteiger partial charge on any atom is 0.269 e. The number of aliphatic imine (C=N–C) groups is 1. The smallest absolute Gasteiger partial charge is 0.269 e. The van der Waals surface area contributed by atoms with E-state index in [0.29, 0.717) is 5.69 Å². The average Bonchev–Trinajstić information content (AvgIpc) is 2.78. The second-order valence-corrected chi connectivity index (χ2v) is 5.11. The van der Waals surface area contributed by atoms with Gasteiger partial charge in [-0.25, -0.2) is 0 Å². The Bertz CT molecular complexity index is 877. The van der Waals surface area contributed by atoms with E-state index in [0.717, 1.165) is 22.2 Å². The molecule has 0 amide bonds. The molecule has 3 aromatic rings. The Morgan fingerprint density at radius 1 is 1.14 bits per heavy atom. The van der Waals surface area contributed by atoms with E-state index < -0.39 is 4.92 Å². The Kier molecular flexibility index (Phi) is 3.47. The monoisotopic (exact) mass is 293 g/mol. The van der Waals surface area contributed by atoms with E-state index in [9.17, 15) is 10.1 Å². The van der Waals surface area contributed by atoms with Crippen LogP contribution in [-0.2, 0) is 7.05 Å². The fourth-order valence-corrected chi connectivity index (χ4v) is 2.51. The quantitative estimate of drug-likeness (QED) is 0.414. The molecule has 2 aromatic carbocycles. The number of rotatable bonds is 3. The first-order valence-corrected chi connectivity index (χ1v) is 6.90. The molecule has 0 fully saturated rings. The zero-order valence-electron chi connectivity index (χ0n) is 12.4. The molecule has 0 saturated heterocycles. The predicted octanol–water partition coefficient (Wildman–Crippen LogP) is 4.15. The molecule has 0 aliphatic rings. The van der Waals surface area contributed by atoms with Crippen molar-refractivity contribution in [2.24, 2.45) is 12.0 Å². The molecule has 0 aliphatic carbocycles. The van der Waals surface area contributed by atoms with Crippen molar-refractivity contribution in [2.75, 3.05) is 0 Å². The number of nitrogens with zero attached hydrogens (tertiary/aromatic N) is 3. The van der Waals surface area contributed by atoms with Crippen LogP contribution in [0, 0.1) is 17.0 Å². The van der Waals surface area contributed by atoms with E-state index in [1.807, 2.05) is 25.4 Å². The van der Waals surface area contributed by atoms with Crippen LogP contribution in [0.5, 0.6) is 0 Å². The third-order valence-electron chi connectivity index (χ3n) is 3.85. The lowest BCUT2D eigenvalue weighted by atomic mass is 10.1. The van der Waals surface area contributed by atoms with Gasteiger partial charge in [0, 0.05) is 47.6 Å². The lowest BCUT2D eigenvalue weighted by Crippen LogP contribution is -1.91. The van der Waals surface area contributed by atoms with Gasteiger partial charge in [-0.1, -0.05) is 18.2 Å². The summed E-state index contributed by atoms with van der Waals surface area (Å²) in [6.07, 6.45) is 1.82. The Morgan fingerprint density at radius 3 is 2.50 bits per heavy atom. The second-order valence-electron chi connectivity index (χ2n) is 5.11. The fourth-order valence-electron chi connectivity index (χ4n) is 2.51. The van der Waals surface area contributed by atoms with Gasteiger partial charge in [0.25, 0.3) is 5.69 Å². The highest BCUT2D eigenvalue weighted by Gasteiger charge is 2.09. The topological polar surface area (TPSA) is 60.4 Å². The first-order valence-electron chi connectivity index (χ1n) is 6.90. The molecule has 3 rings (SSSR count). The molecule has 22 heavy (non-hydrogen) atoms. The summed E-state index contributed by atoms with van der Waals surface area (Å²) in [5, 5.41) is 11.8. The number of aromatic nitrogens is 1. The van der Waals surface area contributed by atoms with Gasteiger partial charge >= 0.3 is 0 Å². The van der Waals surface area contributed by atoms with Crippen LogP contribution in [0.4, 0.5) is 11.4 Å². The number of nitro benzene ring substituents is 1. The summed E-state index contributed by atoms with van der Waals surface area (Å²) in [6.45, 7) is 2.05. The molecular formula is C17H15N3O2. The molecule has 0 saturated carbocycles. The molecule has 5 heteroatoms. The molecule has 0 aliphatic heterocycles. The Hall–Kier alpha value is -2.95. The number of para-hydroxylation sites is 1. The number of hydrogen-bond donors (Lipinski definition) is 0. The van der Waals surface area contributed by atoms with Crippen molar-refractivity contribution in [1.82, 2.24) is 4.57 Å². The van der Waals surface area contributed by atoms with Gasteiger partial charge in [-0.15, -0.1) is 0 Å². The van der Waals surface area contributed by atoms with Crippen LogP contribution in [0.15, 0.2) is 53.5 Å². The number of nitro groups is 1. The van der Waals surface area contributed by atoms with Gasteiger partial charge in [-0.05, 0) is 25.1 Å². The summed E-state index contributed by atoms with van der Waals surface area (Å²) in [4.78, 5) is 14.7. The highest BCUT2D eigenvalue weighted by Crippen LogP contribution is 2.24. The van der Waals surface area contributed by atoms with Crippen molar-refractivity contribution >= 4 is 28.5 Å². The van der Waals surface area contributed by atoms with Crippen LogP contribution in [0.2, 0.25) is 0 Å². The molecule has 0 bridgehead atoms. The minimum atomic E-state index is -0.414. The van der Waals surface area contributed by atoms with Gasteiger partial charge in [0.1, 0.15) is 0 Å². The van der Waals surface area contributed by atoms with Gasteiger partial charge in [-0.2, -0.15) is 0 Å². The maximum atomic E-state index is 10.6. The fraction of sp³-hybridized carbons (Fsp3) is 0.118. The number of fused-ring (bicyclic) bond motifs is 1. The molecule has 110 valence electrons. The lowest BCUT2D eigenvalue weighted by Gasteiger charge is -1.97. The first kappa shape index (κ1) is 14.0. The zero-order valence-corrected chi connectivity index (χ0v) is 12.4. The Morgan fingerprint density at radius 2 is 1.82 bits per heavy atom. The van der Waals surface area contributed by atoms with Crippen LogP contribution in [0.1, 0.15) is 11.3 Å². The van der Waals surface area contributed by atoms with Crippen LogP contribution >= 0.6 is 0 Å². The molecular weight excluding hydrogens is 278 g/mol. The molecule has 0 N–H and O–H groups in total. The minimum Gasteiger partial charge on any atom is -0.347 e. The van der Waals surface area contributed by atoms with E-state index in [-0.39, 0.29) is 5.69 Å². The third-order valence-corrected chi connectivity index (χ3v) is 3.85. The first-order chi connectivity index (χ1) is 10.6. The Labute approximate surface area is 127 Å². The maximum absolute atomic E-state index is 10.6. The summed E-state index contributed by atoms with van der Waals surface area (Å²) in [5.74, 6) is 0. The zero-order chi connectivity index (χ0) is 15.7. The van der Waals surface area contributed by atoms with Crippen molar-refractivity contribution in [3.8, 4) is 0 Å². The van der Waals surface area contributed by atoms with Crippen LogP contribution in [0.25, 0.3) is 10.9 Å². The average molecular weight is 293 g/mol. The normalized spacial score (nSPS) is 11.4. The summed E-state index contributed by atoms with van der Waals surface area (Å²) in [6, 6.07) is 14.4. The SMILES string of the molecule is Cc1c(C=Nc2ccc([N+](=O)[O-])cc2)c2ccccc2n1C. The molecule has 5 nitrogen and oxygen atoms in total. The van der Waals surface area contributed by atoms with Crippen molar-refractivity contribution in [2.45, 2.75) is 6.92 Å². The van der Waals surface area contributed by atoms with Crippen molar-refractivity contribution < 1.29 is 4.92 Å². The standard InChI is InChI=1S/C17H15N3O2/c1-12-16(15-5-3-4-6-17(15)19(12)2)11-18-13-7-9-14(10-8-13)20(21)22/h3-11H,1-2H3. The molecule has 0 unspecified atom stereocenters. The van der Waals surface area contributed by atoms with Gasteiger partial charge in [0.05, 0.1) is 10.6 Å². The van der Waals surface area contributed by atoms with E-state index in [4.69, 9.17) is 0 Å². The number of non-ortho nitro benzene ring substituents is 1. The summed E-state index contributed by atoms with van der Waals surface area (Å²) >= 11 is 0. The van der Waals surface area contributed by atoms with E-state index >= 15 is 0 Å². The number of benzene rings is 2. The lowest BCUT2D eigenvalue weighted by molar-refractivity contribution is -0.384. The van der Waals surface area contributed by atoms with Gasteiger partial charge in [-0.3, -0.25) is 15.1 Å². The molecule has 1 heterocycles. The largest absolute Gasteiger partial charge is 0.347 e. The van der Waals surface area contributed by atoms with Crippen LogP contribution in [-0.4, -0.2) is 15.7 Å². The van der Waals surface area contributed by atoms with Crippen molar-refractivity contribution in [1.29, 1.82) is 0 Å². The van der Waals surface area contributed by atoms with E-state index in [2.05, 4.69) is 28.6 Å². The summed E-state index contributed by atoms with van der Waals surface area (Å²) < 4.78 is 2.13. The summed E-state index contributed by atoms with van der Waals surface area (Å²) in [5.41, 5.74) is 4.12. The molecule has 0 radical (unpaired) electrons. The Balaban J connectivity index is 1.99. The molecule has 0 atom stereocenters. The minimum absolute atomic E-state index is 0.0697. The van der Waals surface area contributed by atoms with Gasteiger partial charge in [0.2, 0.25) is 0 Å². The number of hydrogen-bond acceptors (Lipinski definition) is 3. The van der Waals surface area contributed by atoms with Crippen LogP contribution in [0.3, 0.4) is 0 Å². The highest BCUT2D eigenvalue weighted by atomic mass is 16.6. The summed E-state index contributed by atoms with van der Waals surface area (Å²) in [7, 11) is 2.03. The predicted molar refractivity (Wildman–Crippen MR) is 88.0 cm³/mol. The van der Waals surface area contributed by atoms with Crippen molar-refractivity contribution in [3.63, 3.8) is 0 Å². The van der Waals surface area contributed by atoms with Gasteiger partial charge < -0.3 is 4.57 Å². The number of aryl methyl sites for hydroxylation is 1. The van der Waals surface area contributed by atoms with Crippen LogP contribution < -0.4 is 0 Å². The molecule has 0 spiro atoms. The third kappa shape index (κ3) is 2.37. The molecule has 1 aromatic heterocycles. The van der Waals surface area contributed by atoms with Gasteiger partial charge in [0.15, 0.2) is 0 Å². The highest BCUT2D eigenvalue weighted by molar-refractivity contribution is 6.01.